The Morgan fingerprint density at radius 3 is 1.43 bits per heavy atom. The van der Waals surface area contributed by atoms with Crippen molar-refractivity contribution < 1.29 is 49.7 Å². The maximum Gasteiger partial charge on any atom is 0.249 e. The van der Waals surface area contributed by atoms with Crippen molar-refractivity contribution >= 4 is 11.8 Å². The first-order valence-electron chi connectivity index (χ1n) is 25.3. The van der Waals surface area contributed by atoms with Gasteiger partial charge in [0.1, 0.15) is 36.6 Å². The van der Waals surface area contributed by atoms with E-state index in [1.54, 1.807) is 0 Å². The highest BCUT2D eigenvalue weighted by atomic mass is 16.7. The van der Waals surface area contributed by atoms with Gasteiger partial charge in [-0.3, -0.25) is 9.59 Å². The molecule has 0 unspecified atom stereocenters. The summed E-state index contributed by atoms with van der Waals surface area (Å²) in [7, 11) is 0. The SMILES string of the molecule is CCCCCCCCCCCCCCCCCCCC[C@@H](O)C(=O)N[C@@H](CO[C@@H]1O[C@H](CO)[C@@H](O)[C@H](O)[C@H]1NC(C)=O)[C@H](O)[C@H](O)CCCCCCCCCCCCC(C)C. The molecule has 0 spiro atoms. The third-order valence-corrected chi connectivity index (χ3v) is 12.5. The lowest BCUT2D eigenvalue weighted by Gasteiger charge is -2.42. The average molecular weight is 873 g/mol. The lowest BCUT2D eigenvalue weighted by Crippen LogP contribution is -2.65. The standard InChI is InChI=1S/C49H96N2O10/c1-5-6-7-8-9-10-11-12-13-14-15-16-17-18-23-26-29-32-35-42(55)48(59)51-40(37-60-49-44(50-39(4)53)47(58)46(57)43(36-52)61-49)45(56)41(54)34-31-28-25-22-20-19-21-24-27-30-33-38(2)3/h38,40-47,49,52,54-58H,5-37H2,1-4H3,(H,50,53)(H,51,59)/t40-,41+,42+,43+,44+,45-,46+,47+,49+/m0/s1. The minimum atomic E-state index is -1.53. The van der Waals surface area contributed by atoms with Crippen molar-refractivity contribution in [2.45, 2.75) is 282 Å². The van der Waals surface area contributed by atoms with Crippen LogP contribution in [0, 0.1) is 5.92 Å². The molecule has 0 bridgehead atoms. The third kappa shape index (κ3) is 28.9. The molecule has 2 amide bonds. The van der Waals surface area contributed by atoms with Crippen LogP contribution in [0.5, 0.6) is 0 Å². The number of rotatable bonds is 41. The largest absolute Gasteiger partial charge is 0.394 e. The molecule has 1 fully saturated rings. The Morgan fingerprint density at radius 1 is 0.607 bits per heavy atom. The van der Waals surface area contributed by atoms with Crippen LogP contribution in [0.1, 0.15) is 227 Å². The molecule has 0 saturated carbocycles. The van der Waals surface area contributed by atoms with E-state index in [0.717, 1.165) is 44.4 Å². The molecule has 1 rings (SSSR count). The Labute approximate surface area is 372 Å². The van der Waals surface area contributed by atoms with E-state index in [-0.39, 0.29) is 6.42 Å². The summed E-state index contributed by atoms with van der Waals surface area (Å²) in [6, 6.07) is -2.38. The van der Waals surface area contributed by atoms with Gasteiger partial charge in [-0.05, 0) is 18.8 Å². The van der Waals surface area contributed by atoms with Gasteiger partial charge in [-0.2, -0.15) is 0 Å². The van der Waals surface area contributed by atoms with Gasteiger partial charge in [0.25, 0.3) is 0 Å². The first-order chi connectivity index (χ1) is 29.4. The lowest BCUT2D eigenvalue weighted by molar-refractivity contribution is -0.272. The number of carbonyl (C=O) groups is 2. The van der Waals surface area contributed by atoms with Crippen molar-refractivity contribution in [2.75, 3.05) is 13.2 Å². The number of unbranched alkanes of at least 4 members (excludes halogenated alkanes) is 26. The third-order valence-electron chi connectivity index (χ3n) is 12.5. The highest BCUT2D eigenvalue weighted by Crippen LogP contribution is 2.24. The van der Waals surface area contributed by atoms with Crippen LogP contribution < -0.4 is 10.6 Å². The van der Waals surface area contributed by atoms with Crippen molar-refractivity contribution in [3.05, 3.63) is 0 Å². The molecular weight excluding hydrogens is 777 g/mol. The molecule has 9 atom stereocenters. The number of hydrogen-bond acceptors (Lipinski definition) is 10. The maximum atomic E-state index is 13.2. The molecule has 1 aliphatic heterocycles. The van der Waals surface area contributed by atoms with Gasteiger partial charge >= 0.3 is 0 Å². The molecule has 1 heterocycles. The highest BCUT2D eigenvalue weighted by Gasteiger charge is 2.46. The number of carbonyl (C=O) groups excluding carboxylic acids is 2. The second kappa shape index (κ2) is 37.9. The van der Waals surface area contributed by atoms with E-state index in [2.05, 4.69) is 31.4 Å². The number of aliphatic hydroxyl groups excluding tert-OH is 6. The first kappa shape index (κ1) is 57.6. The molecular formula is C49H96N2O10. The van der Waals surface area contributed by atoms with Crippen molar-refractivity contribution in [1.82, 2.24) is 10.6 Å². The van der Waals surface area contributed by atoms with Gasteiger partial charge in [-0.25, -0.2) is 0 Å². The number of ether oxygens (including phenoxy) is 2. The number of aliphatic hydroxyl groups is 6. The van der Waals surface area contributed by atoms with Crippen LogP contribution in [-0.2, 0) is 19.1 Å². The summed E-state index contributed by atoms with van der Waals surface area (Å²) in [5.74, 6) is -0.440. The molecule has 0 aromatic rings. The van der Waals surface area contributed by atoms with E-state index in [1.165, 1.54) is 142 Å². The molecule has 12 nitrogen and oxygen atoms in total. The van der Waals surface area contributed by atoms with Gasteiger partial charge < -0.3 is 50.7 Å². The molecule has 0 radical (unpaired) electrons. The number of nitrogens with one attached hydrogen (secondary N) is 2. The van der Waals surface area contributed by atoms with E-state index >= 15 is 0 Å². The molecule has 0 aromatic heterocycles. The van der Waals surface area contributed by atoms with Crippen molar-refractivity contribution in [3.63, 3.8) is 0 Å². The molecule has 0 aromatic carbocycles. The number of hydrogen-bond donors (Lipinski definition) is 8. The Balaban J connectivity index is 2.53. The maximum absolute atomic E-state index is 13.2. The van der Waals surface area contributed by atoms with E-state index in [4.69, 9.17) is 9.47 Å². The fourth-order valence-corrected chi connectivity index (χ4v) is 8.45. The molecule has 8 N–H and O–H groups in total. The minimum absolute atomic E-state index is 0.257. The Bertz CT molecular complexity index is 1040. The summed E-state index contributed by atoms with van der Waals surface area (Å²) in [6.45, 7) is 7.00. The van der Waals surface area contributed by atoms with Crippen LogP contribution in [0.15, 0.2) is 0 Å². The van der Waals surface area contributed by atoms with Crippen LogP contribution >= 0.6 is 0 Å². The molecule has 1 aliphatic rings. The zero-order valence-corrected chi connectivity index (χ0v) is 39.4. The molecule has 12 heteroatoms. The van der Waals surface area contributed by atoms with E-state index < -0.39 is 80.0 Å². The van der Waals surface area contributed by atoms with E-state index in [9.17, 15) is 40.2 Å². The second-order valence-electron chi connectivity index (χ2n) is 18.8. The van der Waals surface area contributed by atoms with Gasteiger partial charge in [0.15, 0.2) is 6.29 Å². The van der Waals surface area contributed by atoms with Gasteiger partial charge in [0.05, 0.1) is 25.4 Å². The van der Waals surface area contributed by atoms with Crippen molar-refractivity contribution in [1.29, 1.82) is 0 Å². The van der Waals surface area contributed by atoms with Crippen LogP contribution in [0.3, 0.4) is 0 Å². The number of amides is 2. The van der Waals surface area contributed by atoms with Crippen LogP contribution in [0.2, 0.25) is 0 Å². The summed E-state index contributed by atoms with van der Waals surface area (Å²) >= 11 is 0. The summed E-state index contributed by atoms with van der Waals surface area (Å²) in [5, 5.41) is 69.1. The fraction of sp³-hybridized carbons (Fsp3) is 0.959. The summed E-state index contributed by atoms with van der Waals surface area (Å²) < 4.78 is 11.6. The van der Waals surface area contributed by atoms with Gasteiger partial charge in [0, 0.05) is 6.92 Å². The highest BCUT2D eigenvalue weighted by molar-refractivity contribution is 5.80. The smallest absolute Gasteiger partial charge is 0.249 e. The van der Waals surface area contributed by atoms with Crippen molar-refractivity contribution in [2.24, 2.45) is 5.92 Å². The topological polar surface area (TPSA) is 198 Å². The first-order valence-corrected chi connectivity index (χ1v) is 25.3. The Kier molecular flexibility index (Phi) is 35.9. The molecule has 362 valence electrons. The average Bonchev–Trinajstić information content (AvgIpc) is 3.23. The monoisotopic (exact) mass is 873 g/mol. The van der Waals surface area contributed by atoms with Gasteiger partial charge in [-0.15, -0.1) is 0 Å². The fourth-order valence-electron chi connectivity index (χ4n) is 8.45. The normalized spacial score (nSPS) is 21.3. The Hall–Kier alpha value is -1.38. The van der Waals surface area contributed by atoms with Gasteiger partial charge in [-0.1, -0.05) is 207 Å². The molecule has 61 heavy (non-hydrogen) atoms. The van der Waals surface area contributed by atoms with Gasteiger partial charge in [0.2, 0.25) is 11.8 Å². The van der Waals surface area contributed by atoms with Crippen LogP contribution in [-0.4, -0.2) is 111 Å². The zero-order valence-electron chi connectivity index (χ0n) is 39.4. The van der Waals surface area contributed by atoms with Crippen molar-refractivity contribution in [3.8, 4) is 0 Å². The minimum Gasteiger partial charge on any atom is -0.394 e. The quantitative estimate of drug-likeness (QED) is 0.0277. The predicted molar refractivity (Wildman–Crippen MR) is 245 cm³/mol. The van der Waals surface area contributed by atoms with Crippen LogP contribution in [0.4, 0.5) is 0 Å². The Morgan fingerprint density at radius 2 is 1.02 bits per heavy atom. The lowest BCUT2D eigenvalue weighted by atomic mass is 9.96. The van der Waals surface area contributed by atoms with Crippen LogP contribution in [0.25, 0.3) is 0 Å². The summed E-state index contributed by atoms with van der Waals surface area (Å²) in [5.41, 5.74) is 0. The van der Waals surface area contributed by atoms with E-state index in [0.29, 0.717) is 19.3 Å². The predicted octanol–water partition coefficient (Wildman–Crippen LogP) is 8.28. The second-order valence-corrected chi connectivity index (χ2v) is 18.8. The van der Waals surface area contributed by atoms with E-state index in [1.807, 2.05) is 0 Å². The molecule has 0 aliphatic carbocycles. The zero-order chi connectivity index (χ0) is 45.1. The summed E-state index contributed by atoms with van der Waals surface area (Å²) in [4.78, 5) is 25.2. The summed E-state index contributed by atoms with van der Waals surface area (Å²) in [6.07, 6.45) is 26.1. The molecule has 1 saturated heterocycles.